The van der Waals surface area contributed by atoms with E-state index >= 15 is 0 Å². The molecule has 0 spiro atoms. The molecule has 0 aliphatic carbocycles. The van der Waals surface area contributed by atoms with E-state index in [-0.39, 0.29) is 12.6 Å². The minimum atomic E-state index is 0.0914. The SMILES string of the molecule is CC[C@@H](CO)N(Cc1ccccc1)Cc1cnc2cc(OC)cc(OC)c2c1. The van der Waals surface area contributed by atoms with Gasteiger partial charge in [0.25, 0.3) is 0 Å². The zero-order chi connectivity index (χ0) is 19.9. The Balaban J connectivity index is 1.92. The monoisotopic (exact) mass is 380 g/mol. The van der Waals surface area contributed by atoms with Gasteiger partial charge in [-0.25, -0.2) is 0 Å². The van der Waals surface area contributed by atoms with Crippen LogP contribution in [0.25, 0.3) is 10.9 Å². The Morgan fingerprint density at radius 3 is 2.39 bits per heavy atom. The molecule has 0 radical (unpaired) electrons. The highest BCUT2D eigenvalue weighted by molar-refractivity contribution is 5.87. The van der Waals surface area contributed by atoms with Gasteiger partial charge in [-0.1, -0.05) is 37.3 Å². The molecule has 1 aromatic heterocycles. The molecule has 1 N–H and O–H groups in total. The molecule has 0 amide bonds. The van der Waals surface area contributed by atoms with E-state index in [2.05, 4.69) is 35.0 Å². The van der Waals surface area contributed by atoms with Gasteiger partial charge in [0.2, 0.25) is 0 Å². The van der Waals surface area contributed by atoms with Crippen LogP contribution in [0.1, 0.15) is 24.5 Å². The van der Waals surface area contributed by atoms with Gasteiger partial charge in [0.05, 0.1) is 26.3 Å². The van der Waals surface area contributed by atoms with Crippen molar-refractivity contribution in [1.82, 2.24) is 9.88 Å². The molecule has 0 unspecified atom stereocenters. The first-order valence-corrected chi connectivity index (χ1v) is 9.58. The highest BCUT2D eigenvalue weighted by Crippen LogP contribution is 2.31. The summed E-state index contributed by atoms with van der Waals surface area (Å²) in [5.74, 6) is 1.47. The number of benzene rings is 2. The Kier molecular flexibility index (Phi) is 6.85. The second-order valence-corrected chi connectivity index (χ2v) is 6.88. The summed E-state index contributed by atoms with van der Waals surface area (Å²) in [6.45, 7) is 3.71. The second kappa shape index (κ2) is 9.53. The number of rotatable bonds is 9. The van der Waals surface area contributed by atoms with Gasteiger partial charge < -0.3 is 14.6 Å². The van der Waals surface area contributed by atoms with Gasteiger partial charge in [-0.2, -0.15) is 0 Å². The lowest BCUT2D eigenvalue weighted by Gasteiger charge is -2.30. The summed E-state index contributed by atoms with van der Waals surface area (Å²) in [5.41, 5.74) is 3.15. The van der Waals surface area contributed by atoms with E-state index in [4.69, 9.17) is 9.47 Å². The molecule has 1 heterocycles. The summed E-state index contributed by atoms with van der Waals surface area (Å²) in [7, 11) is 3.29. The van der Waals surface area contributed by atoms with Crippen molar-refractivity contribution in [3.8, 4) is 11.5 Å². The zero-order valence-corrected chi connectivity index (χ0v) is 16.8. The van der Waals surface area contributed by atoms with E-state index in [0.29, 0.717) is 6.54 Å². The minimum Gasteiger partial charge on any atom is -0.497 e. The molecule has 5 nitrogen and oxygen atoms in total. The molecule has 0 saturated carbocycles. The first-order valence-electron chi connectivity index (χ1n) is 9.58. The van der Waals surface area contributed by atoms with Gasteiger partial charge in [0.15, 0.2) is 0 Å². The van der Waals surface area contributed by atoms with Crippen LogP contribution in [0.4, 0.5) is 0 Å². The molecule has 0 bridgehead atoms. The standard InChI is InChI=1S/C23H28N2O3/c1-4-19(16-26)25(14-17-8-6-5-7-9-17)15-18-10-21-22(24-13-18)11-20(27-2)12-23(21)28-3/h5-13,19,26H,4,14-16H2,1-3H3/t19-/m0/s1. The first-order chi connectivity index (χ1) is 13.7. The van der Waals surface area contributed by atoms with E-state index < -0.39 is 0 Å². The number of aliphatic hydroxyl groups excluding tert-OH is 1. The Morgan fingerprint density at radius 1 is 1.00 bits per heavy atom. The lowest BCUT2D eigenvalue weighted by Crippen LogP contribution is -2.36. The number of aliphatic hydroxyl groups is 1. The molecular weight excluding hydrogens is 352 g/mol. The minimum absolute atomic E-state index is 0.0914. The zero-order valence-electron chi connectivity index (χ0n) is 16.8. The van der Waals surface area contributed by atoms with Gasteiger partial charge in [-0.3, -0.25) is 9.88 Å². The Hall–Kier alpha value is -2.63. The third-order valence-corrected chi connectivity index (χ3v) is 5.06. The maximum atomic E-state index is 9.87. The van der Waals surface area contributed by atoms with E-state index in [1.807, 2.05) is 36.5 Å². The summed E-state index contributed by atoms with van der Waals surface area (Å²) in [5, 5.41) is 10.8. The summed E-state index contributed by atoms with van der Waals surface area (Å²) in [6, 6.07) is 16.3. The second-order valence-electron chi connectivity index (χ2n) is 6.88. The largest absolute Gasteiger partial charge is 0.497 e. The van der Waals surface area contributed by atoms with Crippen LogP contribution >= 0.6 is 0 Å². The normalized spacial score (nSPS) is 12.3. The highest BCUT2D eigenvalue weighted by atomic mass is 16.5. The van der Waals surface area contributed by atoms with Crippen molar-refractivity contribution in [3.05, 3.63) is 65.9 Å². The average molecular weight is 380 g/mol. The van der Waals surface area contributed by atoms with Gasteiger partial charge in [-0.15, -0.1) is 0 Å². The van der Waals surface area contributed by atoms with Crippen LogP contribution in [-0.4, -0.2) is 41.9 Å². The quantitative estimate of drug-likeness (QED) is 0.607. The van der Waals surface area contributed by atoms with Crippen LogP contribution in [0.3, 0.4) is 0 Å². The Morgan fingerprint density at radius 2 is 1.75 bits per heavy atom. The fourth-order valence-corrected chi connectivity index (χ4v) is 3.46. The van der Waals surface area contributed by atoms with E-state index in [1.54, 1.807) is 14.2 Å². The molecule has 0 saturated heterocycles. The van der Waals surface area contributed by atoms with Crippen molar-refractivity contribution in [2.24, 2.45) is 0 Å². The molecular formula is C23H28N2O3. The average Bonchev–Trinajstić information content (AvgIpc) is 2.74. The maximum absolute atomic E-state index is 9.87. The smallest absolute Gasteiger partial charge is 0.131 e. The topological polar surface area (TPSA) is 54.8 Å². The maximum Gasteiger partial charge on any atom is 0.131 e. The third-order valence-electron chi connectivity index (χ3n) is 5.06. The lowest BCUT2D eigenvalue weighted by atomic mass is 10.1. The molecule has 1 atom stereocenters. The van der Waals surface area contributed by atoms with Crippen molar-refractivity contribution in [3.63, 3.8) is 0 Å². The number of ether oxygens (including phenoxy) is 2. The van der Waals surface area contributed by atoms with Crippen molar-refractivity contribution in [1.29, 1.82) is 0 Å². The summed E-state index contributed by atoms with van der Waals surface area (Å²) in [6.07, 6.45) is 2.77. The Bertz CT molecular complexity index is 895. The van der Waals surface area contributed by atoms with E-state index in [9.17, 15) is 5.11 Å². The van der Waals surface area contributed by atoms with Gasteiger partial charge in [0.1, 0.15) is 11.5 Å². The van der Waals surface area contributed by atoms with Crippen LogP contribution in [0.15, 0.2) is 54.7 Å². The number of nitrogens with zero attached hydrogens (tertiary/aromatic N) is 2. The van der Waals surface area contributed by atoms with E-state index in [1.165, 1.54) is 5.56 Å². The van der Waals surface area contributed by atoms with Crippen molar-refractivity contribution >= 4 is 10.9 Å². The molecule has 28 heavy (non-hydrogen) atoms. The molecule has 0 fully saturated rings. The number of fused-ring (bicyclic) bond motifs is 1. The fraction of sp³-hybridized carbons (Fsp3) is 0.348. The summed E-state index contributed by atoms with van der Waals surface area (Å²) in [4.78, 5) is 6.92. The highest BCUT2D eigenvalue weighted by Gasteiger charge is 2.18. The van der Waals surface area contributed by atoms with Crippen LogP contribution in [0.5, 0.6) is 11.5 Å². The number of pyridine rings is 1. The fourth-order valence-electron chi connectivity index (χ4n) is 3.46. The number of hydrogen-bond donors (Lipinski definition) is 1. The van der Waals surface area contributed by atoms with Crippen LogP contribution in [0, 0.1) is 0 Å². The number of methoxy groups -OCH3 is 2. The van der Waals surface area contributed by atoms with Crippen molar-refractivity contribution in [2.75, 3.05) is 20.8 Å². The van der Waals surface area contributed by atoms with Crippen LogP contribution in [-0.2, 0) is 13.1 Å². The molecule has 0 aliphatic rings. The molecule has 148 valence electrons. The molecule has 5 heteroatoms. The molecule has 3 rings (SSSR count). The van der Waals surface area contributed by atoms with Crippen LogP contribution in [0.2, 0.25) is 0 Å². The first kappa shape index (κ1) is 20.1. The summed E-state index contributed by atoms with van der Waals surface area (Å²) < 4.78 is 10.9. The Labute approximate surface area is 166 Å². The number of hydrogen-bond acceptors (Lipinski definition) is 5. The lowest BCUT2D eigenvalue weighted by molar-refractivity contribution is 0.106. The third kappa shape index (κ3) is 4.61. The summed E-state index contributed by atoms with van der Waals surface area (Å²) >= 11 is 0. The van der Waals surface area contributed by atoms with E-state index in [0.717, 1.165) is 40.9 Å². The van der Waals surface area contributed by atoms with Gasteiger partial charge >= 0.3 is 0 Å². The van der Waals surface area contributed by atoms with Crippen molar-refractivity contribution in [2.45, 2.75) is 32.5 Å². The molecule has 0 aliphatic heterocycles. The predicted octanol–water partition coefficient (Wildman–Crippen LogP) is 4.03. The molecule has 3 aromatic rings. The number of aromatic nitrogens is 1. The van der Waals surface area contributed by atoms with Gasteiger partial charge in [0, 0.05) is 42.8 Å². The van der Waals surface area contributed by atoms with Crippen molar-refractivity contribution < 1.29 is 14.6 Å². The van der Waals surface area contributed by atoms with Crippen LogP contribution < -0.4 is 9.47 Å². The van der Waals surface area contributed by atoms with Gasteiger partial charge in [-0.05, 0) is 23.6 Å². The molecule has 2 aromatic carbocycles. The predicted molar refractivity (Wildman–Crippen MR) is 112 cm³/mol.